The molecular weight excluding hydrogens is 352 g/mol. The Kier molecular flexibility index (Phi) is 7.00. The number of pyridine rings is 2. The smallest absolute Gasteiger partial charge is 0.136 e. The summed E-state index contributed by atoms with van der Waals surface area (Å²) in [6.45, 7) is 2.85. The average Bonchev–Trinajstić information content (AvgIpc) is 2.74. The van der Waals surface area contributed by atoms with Crippen LogP contribution in [-0.2, 0) is 0 Å². The van der Waals surface area contributed by atoms with Gasteiger partial charge < -0.3 is 26.8 Å². The van der Waals surface area contributed by atoms with Crippen molar-refractivity contribution in [2.45, 2.75) is 12.8 Å². The van der Waals surface area contributed by atoms with Crippen LogP contribution in [-0.4, -0.2) is 43.3 Å². The van der Waals surface area contributed by atoms with Crippen LogP contribution in [0, 0.1) is 0 Å². The number of fused-ring (bicyclic) bond motifs is 1. The summed E-state index contributed by atoms with van der Waals surface area (Å²) in [5.41, 5.74) is 13.9. The summed E-state index contributed by atoms with van der Waals surface area (Å²) in [6.07, 6.45) is 1.78. The summed E-state index contributed by atoms with van der Waals surface area (Å²) < 4.78 is 5.25. The van der Waals surface area contributed by atoms with E-state index in [1.807, 2.05) is 42.5 Å². The van der Waals surface area contributed by atoms with Crippen LogP contribution >= 0.6 is 0 Å². The molecular formula is C21H28N6O. The van der Waals surface area contributed by atoms with E-state index in [1.54, 1.807) is 7.11 Å². The zero-order valence-electron chi connectivity index (χ0n) is 16.2. The molecule has 3 rings (SSSR count). The summed E-state index contributed by atoms with van der Waals surface area (Å²) in [5.74, 6) is 2.47. The highest BCUT2D eigenvalue weighted by atomic mass is 16.5. The van der Waals surface area contributed by atoms with Crippen molar-refractivity contribution in [2.24, 2.45) is 11.5 Å². The Morgan fingerprint density at radius 2 is 1.61 bits per heavy atom. The molecule has 0 fully saturated rings. The van der Waals surface area contributed by atoms with E-state index >= 15 is 0 Å². The highest BCUT2D eigenvalue weighted by Crippen LogP contribution is 2.29. The van der Waals surface area contributed by atoms with Crippen LogP contribution in [0.25, 0.3) is 22.2 Å². The standard InChI is InChI=1S/C21H28N6O/c1-28-16-6-4-15(5-7-16)18-14-19-17(21(27-18)25-13-3-11-23)8-9-20(26-19)24-12-2-10-22/h4-9,14H,2-3,10-13,22-23H2,1H3,(H,24,26)(H,25,27). The zero-order valence-corrected chi connectivity index (χ0v) is 16.2. The molecule has 2 heterocycles. The van der Waals surface area contributed by atoms with E-state index in [0.717, 1.165) is 65.5 Å². The Balaban J connectivity index is 1.98. The molecule has 0 atom stereocenters. The number of nitrogens with zero attached hydrogens (tertiary/aromatic N) is 2. The predicted molar refractivity (Wildman–Crippen MR) is 116 cm³/mol. The number of hydrogen-bond acceptors (Lipinski definition) is 7. The molecule has 0 bridgehead atoms. The molecule has 1 aromatic carbocycles. The number of benzene rings is 1. The number of nitrogens with one attached hydrogen (secondary N) is 2. The zero-order chi connectivity index (χ0) is 19.8. The molecule has 7 nitrogen and oxygen atoms in total. The summed E-state index contributed by atoms with van der Waals surface area (Å²) in [6, 6.07) is 13.9. The van der Waals surface area contributed by atoms with E-state index in [0.29, 0.717) is 13.1 Å². The Morgan fingerprint density at radius 1 is 0.893 bits per heavy atom. The maximum absolute atomic E-state index is 5.63. The molecule has 0 aliphatic heterocycles. The van der Waals surface area contributed by atoms with Crippen molar-refractivity contribution in [2.75, 3.05) is 43.9 Å². The van der Waals surface area contributed by atoms with Crippen molar-refractivity contribution in [3.8, 4) is 17.0 Å². The summed E-state index contributed by atoms with van der Waals surface area (Å²) in [4.78, 5) is 9.61. The third-order valence-corrected chi connectivity index (χ3v) is 4.43. The molecule has 0 saturated carbocycles. The lowest BCUT2D eigenvalue weighted by atomic mass is 10.1. The van der Waals surface area contributed by atoms with Crippen LogP contribution in [0.15, 0.2) is 42.5 Å². The summed E-state index contributed by atoms with van der Waals surface area (Å²) in [5, 5.41) is 7.70. The Morgan fingerprint density at radius 3 is 2.29 bits per heavy atom. The van der Waals surface area contributed by atoms with Gasteiger partial charge in [-0.15, -0.1) is 0 Å². The maximum atomic E-state index is 5.63. The number of aromatic nitrogens is 2. The molecule has 3 aromatic rings. The van der Waals surface area contributed by atoms with Crippen molar-refractivity contribution in [1.29, 1.82) is 0 Å². The van der Waals surface area contributed by atoms with Gasteiger partial charge in [0.25, 0.3) is 0 Å². The fourth-order valence-electron chi connectivity index (χ4n) is 2.90. The minimum Gasteiger partial charge on any atom is -0.497 e. The van der Waals surface area contributed by atoms with Crippen molar-refractivity contribution in [3.63, 3.8) is 0 Å². The van der Waals surface area contributed by atoms with Gasteiger partial charge in [0.1, 0.15) is 17.4 Å². The lowest BCUT2D eigenvalue weighted by Gasteiger charge is -2.13. The van der Waals surface area contributed by atoms with Crippen LogP contribution in [0.2, 0.25) is 0 Å². The average molecular weight is 380 g/mol. The second kappa shape index (κ2) is 9.87. The number of ether oxygens (including phenoxy) is 1. The fourth-order valence-corrected chi connectivity index (χ4v) is 2.90. The lowest BCUT2D eigenvalue weighted by molar-refractivity contribution is 0.415. The van der Waals surface area contributed by atoms with E-state index in [4.69, 9.17) is 26.2 Å². The van der Waals surface area contributed by atoms with Gasteiger partial charge in [-0.25, -0.2) is 9.97 Å². The van der Waals surface area contributed by atoms with Gasteiger partial charge in [0.2, 0.25) is 0 Å². The molecule has 0 saturated heterocycles. The SMILES string of the molecule is COc1ccc(-c2cc3nc(NCCCN)ccc3c(NCCCN)n2)cc1. The molecule has 0 unspecified atom stereocenters. The second-order valence-corrected chi connectivity index (χ2v) is 6.49. The summed E-state index contributed by atoms with van der Waals surface area (Å²) in [7, 11) is 1.66. The van der Waals surface area contributed by atoms with E-state index in [9.17, 15) is 0 Å². The highest BCUT2D eigenvalue weighted by Gasteiger charge is 2.10. The second-order valence-electron chi connectivity index (χ2n) is 6.49. The van der Waals surface area contributed by atoms with Gasteiger partial charge in [-0.3, -0.25) is 0 Å². The van der Waals surface area contributed by atoms with Crippen LogP contribution in [0.3, 0.4) is 0 Å². The summed E-state index contributed by atoms with van der Waals surface area (Å²) >= 11 is 0. The molecule has 2 aromatic heterocycles. The quantitative estimate of drug-likeness (QED) is 0.400. The van der Waals surface area contributed by atoms with Crippen LogP contribution in [0.1, 0.15) is 12.8 Å². The first-order valence-electron chi connectivity index (χ1n) is 9.59. The van der Waals surface area contributed by atoms with Crippen LogP contribution in [0.5, 0.6) is 5.75 Å². The predicted octanol–water partition coefficient (Wildman–Crippen LogP) is 2.83. The molecule has 0 amide bonds. The molecule has 28 heavy (non-hydrogen) atoms. The van der Waals surface area contributed by atoms with Crippen molar-refractivity contribution < 1.29 is 4.74 Å². The number of rotatable bonds is 10. The van der Waals surface area contributed by atoms with Crippen LogP contribution < -0.4 is 26.8 Å². The lowest BCUT2D eigenvalue weighted by Crippen LogP contribution is -2.11. The first kappa shape index (κ1) is 19.9. The highest BCUT2D eigenvalue weighted by molar-refractivity contribution is 5.93. The minimum atomic E-state index is 0.635. The monoisotopic (exact) mass is 380 g/mol. The van der Waals surface area contributed by atoms with E-state index in [1.165, 1.54) is 0 Å². The molecule has 0 aliphatic rings. The van der Waals surface area contributed by atoms with Gasteiger partial charge in [0.15, 0.2) is 0 Å². The van der Waals surface area contributed by atoms with Crippen LogP contribution in [0.4, 0.5) is 11.6 Å². The normalized spacial score (nSPS) is 10.8. The van der Waals surface area contributed by atoms with E-state index in [-0.39, 0.29) is 0 Å². The number of anilines is 2. The van der Waals surface area contributed by atoms with Gasteiger partial charge >= 0.3 is 0 Å². The van der Waals surface area contributed by atoms with Crippen molar-refractivity contribution in [3.05, 3.63) is 42.5 Å². The Hall–Kier alpha value is -2.90. The Labute approximate surface area is 165 Å². The molecule has 0 spiro atoms. The van der Waals surface area contributed by atoms with Gasteiger partial charge in [-0.05, 0) is 68.4 Å². The third-order valence-electron chi connectivity index (χ3n) is 4.43. The largest absolute Gasteiger partial charge is 0.497 e. The van der Waals surface area contributed by atoms with Gasteiger partial charge in [-0.2, -0.15) is 0 Å². The Bertz CT molecular complexity index is 897. The van der Waals surface area contributed by atoms with Gasteiger partial charge in [0.05, 0.1) is 18.3 Å². The van der Waals surface area contributed by atoms with Gasteiger partial charge in [-0.1, -0.05) is 0 Å². The van der Waals surface area contributed by atoms with Crippen molar-refractivity contribution >= 4 is 22.5 Å². The molecule has 0 aliphatic carbocycles. The third kappa shape index (κ3) is 4.88. The topological polar surface area (TPSA) is 111 Å². The van der Waals surface area contributed by atoms with E-state index < -0.39 is 0 Å². The van der Waals surface area contributed by atoms with Crippen molar-refractivity contribution in [1.82, 2.24) is 9.97 Å². The van der Waals surface area contributed by atoms with Gasteiger partial charge in [0, 0.05) is 24.0 Å². The number of nitrogens with two attached hydrogens (primary N) is 2. The first-order chi connectivity index (χ1) is 13.7. The molecule has 7 heteroatoms. The minimum absolute atomic E-state index is 0.635. The number of methoxy groups -OCH3 is 1. The first-order valence-corrected chi connectivity index (χ1v) is 9.59. The van der Waals surface area contributed by atoms with E-state index in [2.05, 4.69) is 10.6 Å². The number of hydrogen-bond donors (Lipinski definition) is 4. The molecule has 148 valence electrons. The molecule has 0 radical (unpaired) electrons. The maximum Gasteiger partial charge on any atom is 0.136 e. The fraction of sp³-hybridized carbons (Fsp3) is 0.333. The molecule has 6 N–H and O–H groups in total.